The van der Waals surface area contributed by atoms with Gasteiger partial charge in [0.2, 0.25) is 10.0 Å². The first-order chi connectivity index (χ1) is 14.0. The van der Waals surface area contributed by atoms with Crippen molar-refractivity contribution in [1.29, 1.82) is 0 Å². The van der Waals surface area contributed by atoms with Crippen LogP contribution in [0, 0.1) is 13.8 Å². The van der Waals surface area contributed by atoms with Gasteiger partial charge >= 0.3 is 0 Å². The Balaban J connectivity index is 1.63. The lowest BCUT2D eigenvalue weighted by Gasteiger charge is -2.35. The van der Waals surface area contributed by atoms with Crippen LogP contribution in [0.5, 0.6) is 0 Å². The zero-order valence-electron chi connectivity index (χ0n) is 17.2. The van der Waals surface area contributed by atoms with Crippen LogP contribution in [0.15, 0.2) is 41.4 Å². The van der Waals surface area contributed by atoms with Gasteiger partial charge < -0.3 is 9.64 Å². The molecule has 1 unspecified atom stereocenters. The van der Waals surface area contributed by atoms with Crippen LogP contribution in [-0.2, 0) is 14.8 Å². The summed E-state index contributed by atoms with van der Waals surface area (Å²) in [5, 5.41) is 0. The van der Waals surface area contributed by atoms with Crippen LogP contribution >= 0.6 is 0 Å². The molecule has 2 aliphatic heterocycles. The van der Waals surface area contributed by atoms with E-state index in [4.69, 9.17) is 9.72 Å². The Morgan fingerprint density at radius 1 is 1.03 bits per heavy atom. The molecule has 1 atom stereocenters. The van der Waals surface area contributed by atoms with E-state index in [0.717, 1.165) is 54.9 Å². The van der Waals surface area contributed by atoms with Crippen molar-refractivity contribution in [2.45, 2.75) is 44.0 Å². The molecule has 0 radical (unpaired) electrons. The van der Waals surface area contributed by atoms with Gasteiger partial charge in [-0.05, 0) is 56.0 Å². The summed E-state index contributed by atoms with van der Waals surface area (Å²) >= 11 is 0. The van der Waals surface area contributed by atoms with Crippen LogP contribution in [0.2, 0.25) is 0 Å². The lowest BCUT2D eigenvalue weighted by atomic mass is 9.98. The minimum absolute atomic E-state index is 0.167. The molecule has 1 aromatic heterocycles. The molecule has 2 aromatic rings. The van der Waals surface area contributed by atoms with E-state index in [-0.39, 0.29) is 6.04 Å². The lowest BCUT2D eigenvalue weighted by molar-refractivity contribution is 0.122. The predicted octanol–water partition coefficient (Wildman–Crippen LogP) is 3.45. The van der Waals surface area contributed by atoms with Gasteiger partial charge in [0, 0.05) is 25.8 Å². The quantitative estimate of drug-likeness (QED) is 0.765. The van der Waals surface area contributed by atoms with Crippen molar-refractivity contribution in [3.8, 4) is 0 Å². The molecule has 2 fully saturated rings. The summed E-state index contributed by atoms with van der Waals surface area (Å²) < 4.78 is 33.8. The average molecular weight is 416 g/mol. The van der Waals surface area contributed by atoms with Gasteiger partial charge in [0.05, 0.1) is 24.2 Å². The highest BCUT2D eigenvalue weighted by atomic mass is 32.2. The van der Waals surface area contributed by atoms with Crippen LogP contribution in [-0.4, -0.2) is 50.6 Å². The SMILES string of the molecule is Cc1ccc(S(=O)(=O)N2CCCCC2c2cnc(N3CCOCC3)c(C)c2)cc1. The van der Waals surface area contributed by atoms with E-state index in [1.54, 1.807) is 16.4 Å². The maximum Gasteiger partial charge on any atom is 0.243 e. The van der Waals surface area contributed by atoms with Gasteiger partial charge in [-0.2, -0.15) is 4.31 Å². The minimum atomic E-state index is -3.54. The van der Waals surface area contributed by atoms with Crippen LogP contribution in [0.4, 0.5) is 5.82 Å². The molecule has 0 saturated carbocycles. The third-order valence-corrected chi connectivity index (χ3v) is 7.77. The first-order valence-corrected chi connectivity index (χ1v) is 11.8. The zero-order chi connectivity index (χ0) is 20.4. The number of nitrogens with zero attached hydrogens (tertiary/aromatic N) is 3. The van der Waals surface area contributed by atoms with E-state index in [1.165, 1.54) is 0 Å². The van der Waals surface area contributed by atoms with Crippen LogP contribution in [0.1, 0.15) is 42.0 Å². The number of morpholine rings is 1. The standard InChI is InChI=1S/C22H29N3O3S/c1-17-6-8-20(9-7-17)29(26,27)25-10-4-3-5-21(25)19-15-18(2)22(23-16-19)24-11-13-28-14-12-24/h6-9,15-16,21H,3-5,10-14H2,1-2H3. The Morgan fingerprint density at radius 3 is 2.45 bits per heavy atom. The summed E-state index contributed by atoms with van der Waals surface area (Å²) in [6.07, 6.45) is 4.60. The Bertz CT molecular complexity index is 954. The molecular formula is C22H29N3O3S. The highest BCUT2D eigenvalue weighted by molar-refractivity contribution is 7.89. The van der Waals surface area contributed by atoms with Gasteiger partial charge in [-0.15, -0.1) is 0 Å². The van der Waals surface area contributed by atoms with E-state index in [2.05, 4.69) is 17.9 Å². The van der Waals surface area contributed by atoms with Crippen LogP contribution in [0.25, 0.3) is 0 Å². The normalized spacial score (nSPS) is 21.3. The van der Waals surface area contributed by atoms with Gasteiger partial charge in [-0.25, -0.2) is 13.4 Å². The largest absolute Gasteiger partial charge is 0.378 e. The van der Waals surface area contributed by atoms with Crippen molar-refractivity contribution in [3.05, 3.63) is 53.2 Å². The second kappa shape index (κ2) is 8.42. The summed E-state index contributed by atoms with van der Waals surface area (Å²) in [5.41, 5.74) is 3.12. The summed E-state index contributed by atoms with van der Waals surface area (Å²) in [7, 11) is -3.54. The van der Waals surface area contributed by atoms with Crippen molar-refractivity contribution >= 4 is 15.8 Å². The van der Waals surface area contributed by atoms with Gasteiger partial charge in [-0.1, -0.05) is 24.1 Å². The Hall–Kier alpha value is -1.96. The fraction of sp³-hybridized carbons (Fsp3) is 0.500. The molecule has 2 aliphatic rings. The topological polar surface area (TPSA) is 62.7 Å². The molecule has 156 valence electrons. The van der Waals surface area contributed by atoms with Crippen molar-refractivity contribution in [2.24, 2.45) is 0 Å². The molecule has 2 saturated heterocycles. The zero-order valence-corrected chi connectivity index (χ0v) is 18.0. The van der Waals surface area contributed by atoms with Gasteiger partial charge in [-0.3, -0.25) is 0 Å². The molecule has 0 aliphatic carbocycles. The number of aromatic nitrogens is 1. The fourth-order valence-electron chi connectivity index (χ4n) is 4.25. The van der Waals surface area contributed by atoms with Crippen molar-refractivity contribution in [3.63, 3.8) is 0 Å². The van der Waals surface area contributed by atoms with Crippen LogP contribution < -0.4 is 4.90 Å². The third-order valence-electron chi connectivity index (χ3n) is 5.85. The predicted molar refractivity (Wildman–Crippen MR) is 114 cm³/mol. The summed E-state index contributed by atoms with van der Waals surface area (Å²) in [6, 6.07) is 9.08. The fourth-order valence-corrected chi connectivity index (χ4v) is 5.93. The number of pyridine rings is 1. The monoisotopic (exact) mass is 415 g/mol. The molecule has 0 N–H and O–H groups in total. The average Bonchev–Trinajstić information content (AvgIpc) is 2.74. The second-order valence-corrected chi connectivity index (χ2v) is 9.84. The van der Waals surface area contributed by atoms with Crippen molar-refractivity contribution in [2.75, 3.05) is 37.7 Å². The van der Waals surface area contributed by atoms with E-state index < -0.39 is 10.0 Å². The summed E-state index contributed by atoms with van der Waals surface area (Å²) in [4.78, 5) is 7.33. The molecular weight excluding hydrogens is 386 g/mol. The number of anilines is 1. The molecule has 0 bridgehead atoms. The third kappa shape index (κ3) is 4.17. The Labute approximate surface area is 173 Å². The number of sulfonamides is 1. The van der Waals surface area contributed by atoms with Gasteiger partial charge in [0.1, 0.15) is 5.82 Å². The summed E-state index contributed by atoms with van der Waals surface area (Å²) in [6.45, 7) is 7.68. The summed E-state index contributed by atoms with van der Waals surface area (Å²) in [5.74, 6) is 0.973. The number of ether oxygens (including phenoxy) is 1. The Kier molecular flexibility index (Phi) is 5.90. The van der Waals surface area contributed by atoms with Crippen LogP contribution in [0.3, 0.4) is 0 Å². The highest BCUT2D eigenvalue weighted by Gasteiger charge is 2.34. The number of rotatable bonds is 4. The molecule has 6 nitrogen and oxygen atoms in total. The lowest BCUT2D eigenvalue weighted by Crippen LogP contribution is -2.39. The van der Waals surface area contributed by atoms with E-state index in [9.17, 15) is 8.42 Å². The van der Waals surface area contributed by atoms with E-state index >= 15 is 0 Å². The molecule has 0 amide bonds. The molecule has 1 aromatic carbocycles. The number of hydrogen-bond donors (Lipinski definition) is 0. The van der Waals surface area contributed by atoms with Gasteiger partial charge in [0.25, 0.3) is 0 Å². The smallest absolute Gasteiger partial charge is 0.243 e. The highest BCUT2D eigenvalue weighted by Crippen LogP contribution is 2.36. The first-order valence-electron chi connectivity index (χ1n) is 10.3. The molecule has 0 spiro atoms. The van der Waals surface area contributed by atoms with Gasteiger partial charge in [0.15, 0.2) is 0 Å². The number of aryl methyl sites for hydroxylation is 2. The molecule has 3 heterocycles. The number of piperidine rings is 1. The maximum atomic E-state index is 13.4. The van der Waals surface area contributed by atoms with E-state index in [1.807, 2.05) is 25.3 Å². The molecule has 29 heavy (non-hydrogen) atoms. The molecule has 7 heteroatoms. The second-order valence-electron chi connectivity index (χ2n) is 7.95. The number of hydrogen-bond acceptors (Lipinski definition) is 5. The van der Waals surface area contributed by atoms with Crippen molar-refractivity contribution in [1.82, 2.24) is 9.29 Å². The number of benzene rings is 1. The minimum Gasteiger partial charge on any atom is -0.378 e. The first kappa shape index (κ1) is 20.3. The molecule has 4 rings (SSSR count). The maximum absolute atomic E-state index is 13.4. The Morgan fingerprint density at radius 2 is 1.76 bits per heavy atom. The van der Waals surface area contributed by atoms with E-state index in [0.29, 0.717) is 24.7 Å². The van der Waals surface area contributed by atoms with Crippen molar-refractivity contribution < 1.29 is 13.2 Å².